The minimum absolute atomic E-state index is 0.275. The van der Waals surface area contributed by atoms with Crippen LogP contribution in [0.5, 0.6) is 0 Å². The Hall–Kier alpha value is -2.66. The smallest absolute Gasteiger partial charge is 0.228 e. The number of fused-ring (bicyclic) bond motifs is 1. The second kappa shape index (κ2) is 7.92. The molecule has 1 fully saturated rings. The minimum Gasteiger partial charge on any atom is -0.357 e. The molecule has 2 aromatic carbocycles. The highest BCUT2D eigenvalue weighted by Crippen LogP contribution is 2.35. The van der Waals surface area contributed by atoms with Crippen LogP contribution in [0.15, 0.2) is 53.5 Å². The number of carbonyl (C=O) groups excluding carboxylic acids is 1. The molecule has 1 atom stereocenters. The monoisotopic (exact) mass is 363 g/mol. The molecule has 5 nitrogen and oxygen atoms in total. The van der Waals surface area contributed by atoms with Crippen LogP contribution in [0.3, 0.4) is 0 Å². The number of nitrogens with zero attached hydrogens (tertiary/aromatic N) is 2. The zero-order valence-electron chi connectivity index (χ0n) is 16.7. The van der Waals surface area contributed by atoms with Gasteiger partial charge in [-0.2, -0.15) is 0 Å². The van der Waals surface area contributed by atoms with E-state index in [0.717, 1.165) is 43.3 Å². The third-order valence-electron chi connectivity index (χ3n) is 5.14. The predicted molar refractivity (Wildman–Crippen MR) is 108 cm³/mol. The van der Waals surface area contributed by atoms with Gasteiger partial charge >= 0.3 is 0 Å². The Morgan fingerprint density at radius 1 is 1.22 bits per heavy atom. The van der Waals surface area contributed by atoms with Crippen molar-refractivity contribution in [3.8, 4) is 0 Å². The molecule has 0 radical (unpaired) electrons. The van der Waals surface area contributed by atoms with Gasteiger partial charge in [0.1, 0.15) is 5.84 Å². The van der Waals surface area contributed by atoms with E-state index < -0.39 is 5.89 Å². The number of rotatable bonds is 3. The van der Waals surface area contributed by atoms with Crippen LogP contribution in [0, 0.1) is 6.92 Å². The number of carbonyl (C=O) groups is 1. The quantitative estimate of drug-likeness (QED) is 0.882. The molecule has 0 aromatic heterocycles. The van der Waals surface area contributed by atoms with Crippen molar-refractivity contribution >= 4 is 17.4 Å². The van der Waals surface area contributed by atoms with Crippen LogP contribution >= 0.6 is 0 Å². The molecule has 2 heterocycles. The number of aliphatic imine (C=N–C) groups is 1. The van der Waals surface area contributed by atoms with Gasteiger partial charge in [0.2, 0.25) is 5.91 Å². The molecule has 2 aromatic rings. The minimum atomic E-state index is -1.37. The molecule has 1 unspecified atom stereocenters. The van der Waals surface area contributed by atoms with Gasteiger partial charge in [-0.05, 0) is 24.1 Å². The first kappa shape index (κ1) is 16.5. The molecule has 2 N–H and O–H groups in total. The SMILES string of the molecule is [2H]C1(C(=O)NCc2ccc(C)cc2)CC(N2CCNCC2)=Nc2ccccc21. The van der Waals surface area contributed by atoms with Crippen LogP contribution < -0.4 is 10.6 Å². The fraction of sp³-hybridized carbons (Fsp3) is 0.364. The number of hydrogen-bond acceptors (Lipinski definition) is 4. The second-order valence-corrected chi connectivity index (χ2v) is 7.11. The van der Waals surface area contributed by atoms with Gasteiger partial charge in [0.25, 0.3) is 0 Å². The maximum absolute atomic E-state index is 13.2. The van der Waals surface area contributed by atoms with Crippen molar-refractivity contribution in [2.24, 2.45) is 4.99 Å². The molecule has 0 spiro atoms. The van der Waals surface area contributed by atoms with Crippen LogP contribution in [0.2, 0.25) is 0 Å². The molecule has 0 saturated carbocycles. The summed E-state index contributed by atoms with van der Waals surface area (Å²) in [5.41, 5.74) is 3.62. The highest BCUT2D eigenvalue weighted by Gasteiger charge is 2.30. The highest BCUT2D eigenvalue weighted by molar-refractivity contribution is 5.96. The Balaban J connectivity index is 1.58. The van der Waals surface area contributed by atoms with Gasteiger partial charge in [-0.1, -0.05) is 48.0 Å². The number of para-hydroxylation sites is 1. The topological polar surface area (TPSA) is 56.7 Å². The van der Waals surface area contributed by atoms with Gasteiger partial charge in [-0.25, -0.2) is 4.99 Å². The molecule has 1 amide bonds. The summed E-state index contributed by atoms with van der Waals surface area (Å²) >= 11 is 0. The van der Waals surface area contributed by atoms with E-state index in [0.29, 0.717) is 18.5 Å². The van der Waals surface area contributed by atoms with Gasteiger partial charge in [0.15, 0.2) is 0 Å². The predicted octanol–water partition coefficient (Wildman–Crippen LogP) is 2.73. The van der Waals surface area contributed by atoms with Crippen molar-refractivity contribution in [1.29, 1.82) is 0 Å². The molecule has 1 saturated heterocycles. The summed E-state index contributed by atoms with van der Waals surface area (Å²) in [7, 11) is 0. The standard InChI is InChI=1S/C22H26N4O/c1-16-6-8-17(9-7-16)15-24-22(27)19-14-21(26-12-10-23-11-13-26)25-20-5-3-2-4-18(19)20/h2-9,19,23H,10-15H2,1H3,(H,24,27)/i19D. The average Bonchev–Trinajstić information content (AvgIpc) is 2.73. The summed E-state index contributed by atoms with van der Waals surface area (Å²) in [5, 5.41) is 6.32. The third-order valence-corrected chi connectivity index (χ3v) is 5.14. The summed E-state index contributed by atoms with van der Waals surface area (Å²) in [6.07, 6.45) is 0.295. The third kappa shape index (κ3) is 4.03. The number of nitrogens with one attached hydrogen (secondary N) is 2. The van der Waals surface area contributed by atoms with Gasteiger partial charge in [-0.3, -0.25) is 4.79 Å². The van der Waals surface area contributed by atoms with Crippen molar-refractivity contribution in [2.75, 3.05) is 26.2 Å². The molecular formula is C22H26N4O. The molecule has 5 heteroatoms. The lowest BCUT2D eigenvalue weighted by atomic mass is 9.90. The molecule has 0 aliphatic carbocycles. The fourth-order valence-electron chi connectivity index (χ4n) is 3.56. The Morgan fingerprint density at radius 2 is 1.96 bits per heavy atom. The first-order valence-corrected chi connectivity index (χ1v) is 9.53. The summed E-state index contributed by atoms with van der Waals surface area (Å²) in [5.74, 6) is -0.813. The Morgan fingerprint density at radius 3 is 2.74 bits per heavy atom. The summed E-state index contributed by atoms with van der Waals surface area (Å²) in [4.78, 5) is 20.2. The highest BCUT2D eigenvalue weighted by atomic mass is 16.1. The Bertz CT molecular complexity index is 890. The van der Waals surface area contributed by atoms with Crippen molar-refractivity contribution in [2.45, 2.75) is 25.8 Å². The molecule has 2 aliphatic rings. The Labute approximate surface area is 161 Å². The lowest BCUT2D eigenvalue weighted by Gasteiger charge is -2.34. The average molecular weight is 363 g/mol. The van der Waals surface area contributed by atoms with E-state index in [4.69, 9.17) is 6.36 Å². The summed E-state index contributed by atoms with van der Waals surface area (Å²) < 4.78 is 9.12. The normalized spacial score (nSPS) is 22.5. The van der Waals surface area contributed by atoms with Crippen LogP contribution in [-0.2, 0) is 11.3 Å². The number of hydrogen-bond donors (Lipinski definition) is 2. The van der Waals surface area contributed by atoms with Crippen molar-refractivity contribution in [3.63, 3.8) is 0 Å². The van der Waals surface area contributed by atoms with Crippen molar-refractivity contribution in [3.05, 3.63) is 65.2 Å². The first-order valence-electron chi connectivity index (χ1n) is 10.0. The second-order valence-electron chi connectivity index (χ2n) is 7.11. The molecular weight excluding hydrogens is 336 g/mol. The lowest BCUT2D eigenvalue weighted by molar-refractivity contribution is -0.122. The van der Waals surface area contributed by atoms with E-state index in [9.17, 15) is 4.79 Å². The molecule has 4 rings (SSSR count). The fourth-order valence-corrected chi connectivity index (χ4v) is 3.56. The zero-order valence-corrected chi connectivity index (χ0v) is 15.7. The van der Waals surface area contributed by atoms with Crippen molar-refractivity contribution < 1.29 is 6.17 Å². The number of amidine groups is 1. The first-order chi connectivity index (χ1) is 13.6. The van der Waals surface area contributed by atoms with E-state index in [1.165, 1.54) is 5.56 Å². The molecule has 140 valence electrons. The summed E-state index contributed by atoms with van der Waals surface area (Å²) in [6, 6.07) is 15.6. The van der Waals surface area contributed by atoms with Crippen molar-refractivity contribution in [1.82, 2.24) is 15.5 Å². The van der Waals surface area contributed by atoms with Crippen LogP contribution in [0.4, 0.5) is 5.69 Å². The van der Waals surface area contributed by atoms with Gasteiger partial charge < -0.3 is 15.5 Å². The van der Waals surface area contributed by atoms with Crippen LogP contribution in [-0.4, -0.2) is 42.8 Å². The van der Waals surface area contributed by atoms with E-state index in [1.807, 2.05) is 55.5 Å². The van der Waals surface area contributed by atoms with E-state index in [1.54, 1.807) is 0 Å². The van der Waals surface area contributed by atoms with Gasteiger partial charge in [-0.15, -0.1) is 0 Å². The zero-order chi connectivity index (χ0) is 19.6. The van der Waals surface area contributed by atoms with E-state index in [-0.39, 0.29) is 5.91 Å². The number of benzene rings is 2. The molecule has 0 bridgehead atoms. The number of piperazine rings is 1. The number of aryl methyl sites for hydroxylation is 1. The lowest BCUT2D eigenvalue weighted by Crippen LogP contribution is -2.47. The van der Waals surface area contributed by atoms with Gasteiger partial charge in [0, 0.05) is 40.5 Å². The Kier molecular flexibility index (Phi) is 4.85. The van der Waals surface area contributed by atoms with E-state index >= 15 is 0 Å². The van der Waals surface area contributed by atoms with Crippen LogP contribution in [0.1, 0.15) is 30.4 Å². The largest absolute Gasteiger partial charge is 0.357 e. The molecule has 2 aliphatic heterocycles. The van der Waals surface area contributed by atoms with Gasteiger partial charge in [0.05, 0.1) is 11.6 Å². The molecule has 27 heavy (non-hydrogen) atoms. The maximum Gasteiger partial charge on any atom is 0.228 e. The van der Waals surface area contributed by atoms with E-state index in [2.05, 4.69) is 15.5 Å². The number of amides is 1. The van der Waals surface area contributed by atoms with Crippen LogP contribution in [0.25, 0.3) is 0 Å². The summed E-state index contributed by atoms with van der Waals surface area (Å²) in [6.45, 7) is 5.94. The maximum atomic E-state index is 13.2.